The Labute approximate surface area is 150 Å². The molecular formula is C16H22N4O4S. The van der Waals surface area contributed by atoms with Crippen molar-refractivity contribution in [2.75, 3.05) is 25.2 Å². The highest BCUT2D eigenvalue weighted by atomic mass is 32.2. The molecule has 0 aliphatic carbocycles. The van der Waals surface area contributed by atoms with Gasteiger partial charge in [0.2, 0.25) is 17.7 Å². The van der Waals surface area contributed by atoms with Crippen LogP contribution in [0.25, 0.3) is 0 Å². The van der Waals surface area contributed by atoms with Crippen LogP contribution in [-0.2, 0) is 14.4 Å². The number of anilines is 1. The Morgan fingerprint density at radius 1 is 1.36 bits per heavy atom. The maximum atomic E-state index is 12.1. The van der Waals surface area contributed by atoms with Crippen LogP contribution >= 0.6 is 11.8 Å². The van der Waals surface area contributed by atoms with Crippen molar-refractivity contribution in [3.05, 3.63) is 24.3 Å². The van der Waals surface area contributed by atoms with Gasteiger partial charge in [0, 0.05) is 37.7 Å². The Balaban J connectivity index is 1.81. The molecule has 8 nitrogen and oxygen atoms in total. The number of carbonyl (C=O) groups is 3. The number of methoxy groups -OCH3 is 1. The Bertz CT molecular complexity index is 640. The van der Waals surface area contributed by atoms with E-state index in [0.29, 0.717) is 11.4 Å². The van der Waals surface area contributed by atoms with Crippen molar-refractivity contribution in [2.45, 2.75) is 24.4 Å². The van der Waals surface area contributed by atoms with Crippen LogP contribution < -0.4 is 26.0 Å². The van der Waals surface area contributed by atoms with E-state index >= 15 is 0 Å². The summed E-state index contributed by atoms with van der Waals surface area (Å²) >= 11 is 1.26. The van der Waals surface area contributed by atoms with Crippen molar-refractivity contribution < 1.29 is 19.1 Å². The monoisotopic (exact) mass is 366 g/mol. The van der Waals surface area contributed by atoms with E-state index in [-0.39, 0.29) is 42.4 Å². The molecule has 2 unspecified atom stereocenters. The van der Waals surface area contributed by atoms with E-state index in [2.05, 4.69) is 21.3 Å². The van der Waals surface area contributed by atoms with Crippen LogP contribution in [0.5, 0.6) is 5.75 Å². The Kier molecular flexibility index (Phi) is 7.08. The van der Waals surface area contributed by atoms with Gasteiger partial charge in [0.05, 0.1) is 12.9 Å². The van der Waals surface area contributed by atoms with Crippen molar-refractivity contribution in [3.63, 3.8) is 0 Å². The van der Waals surface area contributed by atoms with Gasteiger partial charge in [-0.2, -0.15) is 0 Å². The Morgan fingerprint density at radius 2 is 2.16 bits per heavy atom. The van der Waals surface area contributed by atoms with Gasteiger partial charge in [-0.3, -0.25) is 19.7 Å². The van der Waals surface area contributed by atoms with Crippen LogP contribution in [0.1, 0.15) is 12.8 Å². The molecule has 0 bridgehead atoms. The summed E-state index contributed by atoms with van der Waals surface area (Å²) in [5.74, 6) is 0.346. The highest BCUT2D eigenvalue weighted by molar-refractivity contribution is 8.00. The van der Waals surface area contributed by atoms with E-state index in [1.54, 1.807) is 38.4 Å². The molecule has 4 N–H and O–H groups in total. The Morgan fingerprint density at radius 3 is 2.88 bits per heavy atom. The second-order valence-corrected chi connectivity index (χ2v) is 6.58. The number of nitrogens with one attached hydrogen (secondary N) is 4. The molecule has 0 radical (unpaired) electrons. The molecular weight excluding hydrogens is 344 g/mol. The van der Waals surface area contributed by atoms with Gasteiger partial charge in [-0.1, -0.05) is 6.07 Å². The SMILES string of the molecule is CNC(=O)CC1CC(=O)NC(SCC(=O)Nc2cccc(OC)c2)N1. The number of carbonyl (C=O) groups excluding carboxylic acids is 3. The third-order valence-corrected chi connectivity index (χ3v) is 4.57. The van der Waals surface area contributed by atoms with Crippen LogP contribution in [0.4, 0.5) is 5.69 Å². The van der Waals surface area contributed by atoms with E-state index in [1.807, 2.05) is 0 Å². The van der Waals surface area contributed by atoms with Crippen molar-refractivity contribution in [1.29, 1.82) is 0 Å². The number of amides is 3. The minimum absolute atomic E-state index is 0.133. The molecule has 25 heavy (non-hydrogen) atoms. The molecule has 1 aromatic carbocycles. The molecule has 1 aliphatic rings. The molecule has 1 saturated heterocycles. The average molecular weight is 366 g/mol. The van der Waals surface area contributed by atoms with Crippen molar-refractivity contribution in [3.8, 4) is 5.75 Å². The van der Waals surface area contributed by atoms with E-state index in [0.717, 1.165) is 0 Å². The molecule has 3 amide bonds. The summed E-state index contributed by atoms with van der Waals surface area (Å²) in [5.41, 5.74) is 0.232. The highest BCUT2D eigenvalue weighted by Crippen LogP contribution is 2.18. The first-order chi connectivity index (χ1) is 12.0. The lowest BCUT2D eigenvalue weighted by molar-refractivity contribution is -0.125. The topological polar surface area (TPSA) is 109 Å². The smallest absolute Gasteiger partial charge is 0.234 e. The zero-order chi connectivity index (χ0) is 18.2. The molecule has 1 aromatic rings. The number of hydrogen-bond donors (Lipinski definition) is 4. The number of benzene rings is 1. The molecule has 1 heterocycles. The Hall–Kier alpha value is -2.26. The van der Waals surface area contributed by atoms with Gasteiger partial charge >= 0.3 is 0 Å². The molecule has 0 aromatic heterocycles. The van der Waals surface area contributed by atoms with Crippen LogP contribution in [0.2, 0.25) is 0 Å². The lowest BCUT2D eigenvalue weighted by Gasteiger charge is -2.30. The normalized spacial score (nSPS) is 19.7. The van der Waals surface area contributed by atoms with E-state index in [9.17, 15) is 14.4 Å². The predicted octanol–water partition coefficient (Wildman–Crippen LogP) is 0.265. The predicted molar refractivity (Wildman–Crippen MR) is 96.2 cm³/mol. The summed E-state index contributed by atoms with van der Waals surface area (Å²) < 4.78 is 5.11. The first-order valence-corrected chi connectivity index (χ1v) is 8.86. The minimum Gasteiger partial charge on any atom is -0.497 e. The maximum Gasteiger partial charge on any atom is 0.234 e. The van der Waals surface area contributed by atoms with Crippen LogP contribution in [0.15, 0.2) is 24.3 Å². The van der Waals surface area contributed by atoms with Gasteiger partial charge in [-0.05, 0) is 12.1 Å². The van der Waals surface area contributed by atoms with Gasteiger partial charge in [0.15, 0.2) is 0 Å². The van der Waals surface area contributed by atoms with Gasteiger partial charge in [0.1, 0.15) is 11.2 Å². The average Bonchev–Trinajstić information content (AvgIpc) is 2.59. The quantitative estimate of drug-likeness (QED) is 0.551. The molecule has 2 atom stereocenters. The van der Waals surface area contributed by atoms with Crippen LogP contribution in [0, 0.1) is 0 Å². The lowest BCUT2D eigenvalue weighted by atomic mass is 10.1. The standard InChI is InChI=1S/C16H22N4O4S/c1-17-13(21)7-11-8-14(22)20-16(19-11)25-9-15(23)18-10-4-3-5-12(6-10)24-2/h3-6,11,16,19H,7-9H2,1-2H3,(H,17,21)(H,18,23)(H,20,22). The lowest BCUT2D eigenvalue weighted by Crippen LogP contribution is -2.55. The van der Waals surface area contributed by atoms with Gasteiger partial charge in [-0.15, -0.1) is 11.8 Å². The zero-order valence-electron chi connectivity index (χ0n) is 14.1. The molecule has 1 fully saturated rings. The summed E-state index contributed by atoms with van der Waals surface area (Å²) in [7, 11) is 3.11. The number of ether oxygens (including phenoxy) is 1. The molecule has 2 rings (SSSR count). The first-order valence-electron chi connectivity index (χ1n) is 7.81. The number of hydrogen-bond acceptors (Lipinski definition) is 6. The van der Waals surface area contributed by atoms with Crippen molar-refractivity contribution in [2.24, 2.45) is 0 Å². The fraction of sp³-hybridized carbons (Fsp3) is 0.438. The second kappa shape index (κ2) is 9.28. The zero-order valence-corrected chi connectivity index (χ0v) is 14.9. The molecule has 136 valence electrons. The largest absolute Gasteiger partial charge is 0.497 e. The van der Waals surface area contributed by atoms with Gasteiger partial charge in [-0.25, -0.2) is 0 Å². The van der Waals surface area contributed by atoms with Crippen molar-refractivity contribution >= 4 is 35.2 Å². The summed E-state index contributed by atoms with van der Waals surface area (Å²) in [4.78, 5) is 35.3. The number of rotatable bonds is 7. The summed E-state index contributed by atoms with van der Waals surface area (Å²) in [5, 5.41) is 11.2. The summed E-state index contributed by atoms with van der Waals surface area (Å²) in [6, 6.07) is 6.83. The van der Waals surface area contributed by atoms with E-state index in [4.69, 9.17) is 4.74 Å². The molecule has 0 spiro atoms. The first kappa shape index (κ1) is 19.1. The molecule has 0 saturated carbocycles. The van der Waals surface area contributed by atoms with Gasteiger partial charge < -0.3 is 20.7 Å². The fourth-order valence-electron chi connectivity index (χ4n) is 2.35. The highest BCUT2D eigenvalue weighted by Gasteiger charge is 2.27. The number of thioether (sulfide) groups is 1. The maximum absolute atomic E-state index is 12.1. The van der Waals surface area contributed by atoms with Gasteiger partial charge in [0.25, 0.3) is 0 Å². The third kappa shape index (κ3) is 6.28. The van der Waals surface area contributed by atoms with Crippen LogP contribution in [0.3, 0.4) is 0 Å². The van der Waals surface area contributed by atoms with E-state index in [1.165, 1.54) is 11.8 Å². The second-order valence-electron chi connectivity index (χ2n) is 5.48. The molecule has 1 aliphatic heterocycles. The van der Waals surface area contributed by atoms with Crippen LogP contribution in [-0.4, -0.2) is 49.2 Å². The fourth-order valence-corrected chi connectivity index (χ4v) is 3.24. The molecule has 9 heteroatoms. The minimum atomic E-state index is -0.410. The van der Waals surface area contributed by atoms with Crippen molar-refractivity contribution in [1.82, 2.24) is 16.0 Å². The summed E-state index contributed by atoms with van der Waals surface area (Å²) in [6.45, 7) is 0. The van der Waals surface area contributed by atoms with E-state index < -0.39 is 5.50 Å². The third-order valence-electron chi connectivity index (χ3n) is 3.56. The summed E-state index contributed by atoms with van der Waals surface area (Å²) in [6.07, 6.45) is 0.456.